The van der Waals surface area contributed by atoms with Gasteiger partial charge in [0.2, 0.25) is 0 Å². The second-order valence-corrected chi connectivity index (χ2v) is 10.0. The Morgan fingerprint density at radius 1 is 0.682 bits per heavy atom. The number of fused-ring (bicyclic) bond motifs is 1. The van der Waals surface area contributed by atoms with Gasteiger partial charge in [-0.25, -0.2) is 14.4 Å². The molecule has 0 aliphatic heterocycles. The molecule has 3 N–H and O–H groups in total. The van der Waals surface area contributed by atoms with Crippen molar-refractivity contribution in [3.63, 3.8) is 0 Å². The van der Waals surface area contributed by atoms with Crippen LogP contribution in [0.15, 0.2) is 91.0 Å². The number of nitrogens with zero attached hydrogens (tertiary/aromatic N) is 1. The number of carbonyl (C=O) groups excluding carboxylic acids is 1. The summed E-state index contributed by atoms with van der Waals surface area (Å²) in [5.74, 6) is -2.54. The van der Waals surface area contributed by atoms with Gasteiger partial charge in [-0.15, -0.1) is 0 Å². The third kappa shape index (κ3) is 6.79. The van der Waals surface area contributed by atoms with Crippen molar-refractivity contribution in [2.24, 2.45) is 0 Å². The van der Waals surface area contributed by atoms with E-state index in [1.807, 2.05) is 78.9 Å². The highest BCUT2D eigenvalue weighted by Crippen LogP contribution is 2.40. The molecule has 0 fully saturated rings. The summed E-state index contributed by atoms with van der Waals surface area (Å²) in [6.45, 7) is 0.105. The summed E-state index contributed by atoms with van der Waals surface area (Å²) in [6.07, 6.45) is -3.19. The molecular formula is C33H27NO10. The summed E-state index contributed by atoms with van der Waals surface area (Å²) >= 11 is 0. The van der Waals surface area contributed by atoms with Crippen molar-refractivity contribution in [1.29, 1.82) is 0 Å². The Balaban J connectivity index is 1.64. The van der Waals surface area contributed by atoms with Crippen LogP contribution in [0.2, 0.25) is 0 Å². The Morgan fingerprint density at radius 2 is 1.30 bits per heavy atom. The van der Waals surface area contributed by atoms with Crippen molar-refractivity contribution in [2.75, 3.05) is 0 Å². The lowest BCUT2D eigenvalue weighted by atomic mass is 9.86. The van der Waals surface area contributed by atoms with Crippen LogP contribution in [0.1, 0.15) is 45.9 Å². The average molecular weight is 598 g/mol. The molecule has 4 aromatic rings. The van der Waals surface area contributed by atoms with Crippen molar-refractivity contribution in [2.45, 2.75) is 31.8 Å². The van der Waals surface area contributed by atoms with Gasteiger partial charge in [-0.05, 0) is 53.1 Å². The van der Waals surface area contributed by atoms with Crippen LogP contribution in [0.5, 0.6) is 17.2 Å². The summed E-state index contributed by atoms with van der Waals surface area (Å²) in [5, 5.41) is 27.8. The van der Waals surface area contributed by atoms with Crippen molar-refractivity contribution >= 4 is 24.4 Å². The van der Waals surface area contributed by atoms with Gasteiger partial charge in [-0.3, -0.25) is 4.79 Å². The summed E-state index contributed by atoms with van der Waals surface area (Å²) in [5.41, 5.74) is 4.35. The molecule has 0 saturated heterocycles. The number of hydrogen-bond acceptors (Lipinski definition) is 7. The minimum atomic E-state index is -1.82. The van der Waals surface area contributed by atoms with Gasteiger partial charge in [0, 0.05) is 18.7 Å². The van der Waals surface area contributed by atoms with Crippen molar-refractivity contribution < 1.29 is 48.7 Å². The maximum Gasteiger partial charge on any atom is 0.511 e. The first-order valence-corrected chi connectivity index (χ1v) is 13.6. The molecule has 1 atom stereocenters. The number of carboxylic acid groups (broad SMARTS) is 3. The lowest BCUT2D eigenvalue weighted by molar-refractivity contribution is 0.0633. The maximum absolute atomic E-state index is 14.5. The van der Waals surface area contributed by atoms with Gasteiger partial charge in [0.1, 0.15) is 0 Å². The van der Waals surface area contributed by atoms with E-state index < -0.39 is 47.7 Å². The second-order valence-electron chi connectivity index (χ2n) is 10.0. The summed E-state index contributed by atoms with van der Waals surface area (Å²) in [4.78, 5) is 50.3. The highest BCUT2D eigenvalue weighted by atomic mass is 16.7. The van der Waals surface area contributed by atoms with E-state index in [-0.39, 0.29) is 12.1 Å². The fourth-order valence-electron chi connectivity index (χ4n) is 5.44. The Kier molecular flexibility index (Phi) is 8.75. The van der Waals surface area contributed by atoms with Gasteiger partial charge >= 0.3 is 18.5 Å². The van der Waals surface area contributed by atoms with Gasteiger partial charge in [0.25, 0.3) is 5.91 Å². The predicted octanol–water partition coefficient (Wildman–Crippen LogP) is 7.24. The zero-order valence-electron chi connectivity index (χ0n) is 23.2. The lowest BCUT2D eigenvalue weighted by Crippen LogP contribution is -2.36. The summed E-state index contributed by atoms with van der Waals surface area (Å²) < 4.78 is 14.2. The quantitative estimate of drug-likeness (QED) is 0.139. The van der Waals surface area contributed by atoms with E-state index in [1.54, 1.807) is 4.90 Å². The minimum Gasteiger partial charge on any atom is -0.449 e. The van der Waals surface area contributed by atoms with E-state index in [9.17, 15) is 29.4 Å². The molecule has 4 aromatic carbocycles. The van der Waals surface area contributed by atoms with Crippen molar-refractivity contribution in [1.82, 2.24) is 4.90 Å². The largest absolute Gasteiger partial charge is 0.511 e. The van der Waals surface area contributed by atoms with Crippen LogP contribution in [0, 0.1) is 0 Å². The lowest BCUT2D eigenvalue weighted by Gasteiger charge is -2.36. The first-order chi connectivity index (χ1) is 21.2. The molecule has 1 amide bonds. The maximum atomic E-state index is 14.5. The zero-order chi connectivity index (χ0) is 31.2. The number of ether oxygens (including phenoxy) is 3. The van der Waals surface area contributed by atoms with E-state index in [4.69, 9.17) is 14.6 Å². The van der Waals surface area contributed by atoms with Crippen LogP contribution in [-0.2, 0) is 13.0 Å². The fourth-order valence-corrected chi connectivity index (χ4v) is 5.44. The van der Waals surface area contributed by atoms with Gasteiger partial charge < -0.3 is 34.4 Å². The second kappa shape index (κ2) is 13.0. The third-order valence-corrected chi connectivity index (χ3v) is 7.23. The summed E-state index contributed by atoms with van der Waals surface area (Å²) in [7, 11) is 0. The molecule has 44 heavy (non-hydrogen) atoms. The molecule has 11 heteroatoms. The Hall–Kier alpha value is -5.84. The van der Waals surface area contributed by atoms with E-state index in [2.05, 4.69) is 4.74 Å². The van der Waals surface area contributed by atoms with Gasteiger partial charge in [0.15, 0.2) is 17.2 Å². The molecule has 11 nitrogen and oxygen atoms in total. The van der Waals surface area contributed by atoms with E-state index in [1.165, 1.54) is 0 Å². The van der Waals surface area contributed by atoms with Crippen LogP contribution < -0.4 is 14.2 Å². The zero-order valence-corrected chi connectivity index (χ0v) is 23.2. The molecule has 0 heterocycles. The molecule has 1 aliphatic rings. The highest BCUT2D eigenvalue weighted by molar-refractivity contribution is 5.99. The van der Waals surface area contributed by atoms with Gasteiger partial charge in [-0.2, -0.15) is 0 Å². The van der Waals surface area contributed by atoms with Gasteiger partial charge in [0.05, 0.1) is 11.6 Å². The van der Waals surface area contributed by atoms with Crippen LogP contribution in [0.3, 0.4) is 0 Å². The molecule has 224 valence electrons. The molecule has 0 spiro atoms. The Labute approximate surface area is 251 Å². The number of aryl methyl sites for hydroxylation is 1. The van der Waals surface area contributed by atoms with Crippen LogP contribution >= 0.6 is 0 Å². The van der Waals surface area contributed by atoms with E-state index >= 15 is 0 Å². The minimum absolute atomic E-state index is 0.105. The molecule has 0 saturated carbocycles. The molecule has 0 radical (unpaired) electrons. The van der Waals surface area contributed by atoms with Gasteiger partial charge in [-0.1, -0.05) is 72.8 Å². The van der Waals surface area contributed by atoms with Crippen LogP contribution in [0.4, 0.5) is 14.4 Å². The third-order valence-electron chi connectivity index (χ3n) is 7.23. The summed E-state index contributed by atoms with van der Waals surface area (Å²) in [6, 6.07) is 26.4. The van der Waals surface area contributed by atoms with E-state index in [0.29, 0.717) is 6.42 Å². The van der Waals surface area contributed by atoms with E-state index in [0.717, 1.165) is 52.8 Å². The molecule has 1 aliphatic carbocycles. The average Bonchev–Trinajstić information content (AvgIpc) is 3.00. The number of benzene rings is 4. The molecule has 0 unspecified atom stereocenters. The predicted molar refractivity (Wildman–Crippen MR) is 156 cm³/mol. The van der Waals surface area contributed by atoms with Crippen LogP contribution in [0.25, 0.3) is 11.1 Å². The monoisotopic (exact) mass is 597 g/mol. The fraction of sp³-hybridized carbons (Fsp3) is 0.152. The molecular weight excluding hydrogens is 570 g/mol. The first-order valence-electron chi connectivity index (χ1n) is 13.6. The van der Waals surface area contributed by atoms with Crippen molar-refractivity contribution in [3.8, 4) is 28.4 Å². The number of rotatable bonds is 8. The van der Waals surface area contributed by atoms with Crippen molar-refractivity contribution in [3.05, 3.63) is 113 Å². The Morgan fingerprint density at radius 3 is 2.00 bits per heavy atom. The number of carbonyl (C=O) groups is 4. The first kappa shape index (κ1) is 29.6. The molecule has 0 aromatic heterocycles. The molecule has 5 rings (SSSR count). The standard InChI is InChI=1S/C33H27NO10/c35-30(25-17-28(43-32(38)39)29(44-33(40)41)18-27(25)42-31(36)37)34(26-15-7-12-22-11-4-5-14-24(22)26)19-20-8-6-13-23(16-20)21-9-2-1-3-10-21/h1-6,8-11,13-14,16-18,26H,7,12,15,19H2,(H,36,37)(H,38,39)(H,40,41)/t26-/m0/s1. The highest BCUT2D eigenvalue weighted by Gasteiger charge is 2.33. The topological polar surface area (TPSA) is 160 Å². The number of amides is 1. The number of hydrogen-bond donors (Lipinski definition) is 3. The van der Waals surface area contributed by atoms with Crippen LogP contribution in [-0.4, -0.2) is 44.6 Å². The smallest absolute Gasteiger partial charge is 0.449 e. The SMILES string of the molecule is O=C(O)Oc1cc(OC(=O)O)c(C(=O)N(Cc2cccc(-c3ccccc3)c2)[C@H]2CCCc3ccccc32)cc1OC(=O)O. The molecule has 0 bridgehead atoms. The Bertz CT molecular complexity index is 1720. The normalized spacial score (nSPS) is 13.7.